The number of ether oxygens (including phenoxy) is 2. The number of esters is 1. The van der Waals surface area contributed by atoms with Crippen LogP contribution >= 0.6 is 22.7 Å². The van der Waals surface area contributed by atoms with Gasteiger partial charge in [0.1, 0.15) is 20.5 Å². The Morgan fingerprint density at radius 2 is 1.84 bits per heavy atom. The number of amides is 1. The van der Waals surface area contributed by atoms with Crippen molar-refractivity contribution in [3.05, 3.63) is 52.7 Å². The van der Waals surface area contributed by atoms with Crippen LogP contribution < -0.4 is 10.1 Å². The van der Waals surface area contributed by atoms with Crippen molar-refractivity contribution in [3.8, 4) is 16.9 Å². The molecule has 0 fully saturated rings. The molecule has 0 saturated carbocycles. The van der Waals surface area contributed by atoms with Crippen LogP contribution in [-0.4, -0.2) is 51.9 Å². The molecule has 0 aliphatic carbocycles. The molecule has 2 heterocycles. The molecule has 2 aromatic heterocycles. The molecule has 0 aliphatic heterocycles. The minimum Gasteiger partial charge on any atom is -0.497 e. The van der Waals surface area contributed by atoms with E-state index in [9.17, 15) is 18.0 Å². The SMILES string of the molecule is CCOC(=O)c1c(-c2ccc(OC)cc2)csc1NC(=O)CN(C)S(=O)(=O)c1cccs1. The van der Waals surface area contributed by atoms with E-state index in [1.54, 1.807) is 55.1 Å². The molecule has 32 heavy (non-hydrogen) atoms. The maximum absolute atomic E-state index is 12.7. The van der Waals surface area contributed by atoms with Gasteiger partial charge in [-0.2, -0.15) is 4.31 Å². The summed E-state index contributed by atoms with van der Waals surface area (Å²) in [6, 6.07) is 10.2. The number of nitrogens with zero attached hydrogens (tertiary/aromatic N) is 1. The molecule has 0 spiro atoms. The number of hydrogen-bond donors (Lipinski definition) is 1. The van der Waals surface area contributed by atoms with Gasteiger partial charge in [-0.3, -0.25) is 4.79 Å². The normalized spacial score (nSPS) is 11.4. The number of rotatable bonds is 9. The molecule has 0 atom stereocenters. The van der Waals surface area contributed by atoms with Gasteiger partial charge in [-0.05, 0) is 36.1 Å². The van der Waals surface area contributed by atoms with Gasteiger partial charge in [-0.25, -0.2) is 13.2 Å². The van der Waals surface area contributed by atoms with E-state index in [0.717, 1.165) is 21.2 Å². The zero-order valence-electron chi connectivity index (χ0n) is 17.7. The minimum atomic E-state index is -3.77. The molecule has 8 nitrogen and oxygen atoms in total. The molecule has 0 bridgehead atoms. The van der Waals surface area contributed by atoms with Crippen LogP contribution in [0, 0.1) is 0 Å². The van der Waals surface area contributed by atoms with Crippen molar-refractivity contribution >= 4 is 49.6 Å². The second-order valence-corrected chi connectivity index (χ2v) is 10.6. The van der Waals surface area contributed by atoms with Gasteiger partial charge in [0, 0.05) is 18.0 Å². The topological polar surface area (TPSA) is 102 Å². The molecule has 0 unspecified atom stereocenters. The summed E-state index contributed by atoms with van der Waals surface area (Å²) in [7, 11) is -0.878. The number of thiophene rings is 2. The first kappa shape index (κ1) is 23.9. The lowest BCUT2D eigenvalue weighted by Gasteiger charge is -2.16. The zero-order valence-corrected chi connectivity index (χ0v) is 20.1. The van der Waals surface area contributed by atoms with Crippen LogP contribution in [-0.2, 0) is 19.6 Å². The minimum absolute atomic E-state index is 0.151. The van der Waals surface area contributed by atoms with Crippen molar-refractivity contribution in [1.29, 1.82) is 0 Å². The van der Waals surface area contributed by atoms with Gasteiger partial charge < -0.3 is 14.8 Å². The first-order chi connectivity index (χ1) is 15.3. The molecule has 3 rings (SSSR count). The lowest BCUT2D eigenvalue weighted by molar-refractivity contribution is -0.116. The van der Waals surface area contributed by atoms with E-state index in [4.69, 9.17) is 9.47 Å². The first-order valence-corrected chi connectivity index (χ1v) is 12.7. The molecule has 0 aliphatic rings. The van der Waals surface area contributed by atoms with Crippen molar-refractivity contribution in [2.45, 2.75) is 11.1 Å². The van der Waals surface area contributed by atoms with E-state index in [2.05, 4.69) is 5.32 Å². The number of anilines is 1. The molecule has 11 heteroatoms. The average molecular weight is 495 g/mol. The van der Waals surface area contributed by atoms with E-state index in [1.807, 2.05) is 0 Å². The highest BCUT2D eigenvalue weighted by molar-refractivity contribution is 7.91. The fourth-order valence-electron chi connectivity index (χ4n) is 2.86. The number of carbonyl (C=O) groups excluding carboxylic acids is 2. The van der Waals surface area contributed by atoms with Crippen LogP contribution in [0.15, 0.2) is 51.4 Å². The Bertz CT molecular complexity index is 1180. The number of nitrogens with one attached hydrogen (secondary N) is 1. The number of hydrogen-bond acceptors (Lipinski definition) is 8. The summed E-state index contributed by atoms with van der Waals surface area (Å²) in [5, 5.41) is 6.35. The average Bonchev–Trinajstić information content (AvgIpc) is 3.44. The van der Waals surface area contributed by atoms with E-state index in [0.29, 0.717) is 16.3 Å². The lowest BCUT2D eigenvalue weighted by Crippen LogP contribution is -2.34. The fraction of sp³-hybridized carbons (Fsp3) is 0.238. The largest absolute Gasteiger partial charge is 0.497 e. The molecule has 0 radical (unpaired) electrons. The van der Waals surface area contributed by atoms with Crippen LogP contribution in [0.25, 0.3) is 11.1 Å². The fourth-order valence-corrected chi connectivity index (χ4v) is 6.16. The number of carbonyl (C=O) groups is 2. The van der Waals surface area contributed by atoms with E-state index >= 15 is 0 Å². The highest BCUT2D eigenvalue weighted by Gasteiger charge is 2.26. The second kappa shape index (κ2) is 10.3. The van der Waals surface area contributed by atoms with Gasteiger partial charge in [0.2, 0.25) is 5.91 Å². The van der Waals surface area contributed by atoms with Crippen LogP contribution in [0.5, 0.6) is 5.75 Å². The van der Waals surface area contributed by atoms with Gasteiger partial charge in [0.05, 0.1) is 20.3 Å². The zero-order chi connectivity index (χ0) is 23.3. The summed E-state index contributed by atoms with van der Waals surface area (Å²) in [5.74, 6) is -0.471. The third kappa shape index (κ3) is 5.18. The summed E-state index contributed by atoms with van der Waals surface area (Å²) in [5.41, 5.74) is 1.58. The number of likely N-dealkylation sites (N-methyl/N-ethyl adjacent to an activating group) is 1. The quantitative estimate of drug-likeness (QED) is 0.453. The van der Waals surface area contributed by atoms with E-state index < -0.39 is 28.4 Å². The van der Waals surface area contributed by atoms with Crippen LogP contribution in [0.4, 0.5) is 5.00 Å². The molecule has 3 aromatic rings. The number of sulfonamides is 1. The highest BCUT2D eigenvalue weighted by atomic mass is 32.2. The van der Waals surface area contributed by atoms with Gasteiger partial charge in [-0.1, -0.05) is 18.2 Å². The van der Waals surface area contributed by atoms with Crippen molar-refractivity contribution in [2.24, 2.45) is 0 Å². The Balaban J connectivity index is 1.84. The molecule has 1 N–H and O–H groups in total. The van der Waals surface area contributed by atoms with Gasteiger partial charge >= 0.3 is 5.97 Å². The van der Waals surface area contributed by atoms with Crippen molar-refractivity contribution < 1.29 is 27.5 Å². The Morgan fingerprint density at radius 1 is 1.12 bits per heavy atom. The molecule has 1 aromatic carbocycles. The van der Waals surface area contributed by atoms with Crippen molar-refractivity contribution in [2.75, 3.05) is 32.6 Å². The molecular formula is C21H22N2O6S3. The van der Waals surface area contributed by atoms with Crippen LogP contribution in [0.1, 0.15) is 17.3 Å². The Labute approximate surface area is 194 Å². The maximum atomic E-state index is 12.7. The highest BCUT2D eigenvalue weighted by Crippen LogP contribution is 2.37. The predicted molar refractivity (Wildman–Crippen MR) is 125 cm³/mol. The molecule has 170 valence electrons. The standard InChI is InChI=1S/C21H22N2O6S3/c1-4-29-21(25)19-16(14-7-9-15(28-3)10-8-14)13-31-20(19)22-17(24)12-23(2)32(26,27)18-6-5-11-30-18/h5-11,13H,4,12H2,1-3H3,(H,22,24). The van der Waals surface area contributed by atoms with Gasteiger partial charge in [-0.15, -0.1) is 22.7 Å². The Morgan fingerprint density at radius 3 is 2.44 bits per heavy atom. The third-order valence-electron chi connectivity index (χ3n) is 4.45. The van der Waals surface area contributed by atoms with Crippen LogP contribution in [0.2, 0.25) is 0 Å². The summed E-state index contributed by atoms with van der Waals surface area (Å²) in [6.07, 6.45) is 0. The molecule has 0 saturated heterocycles. The first-order valence-electron chi connectivity index (χ1n) is 9.50. The summed E-state index contributed by atoms with van der Waals surface area (Å²) in [6.45, 7) is 1.46. The lowest BCUT2D eigenvalue weighted by atomic mass is 10.0. The monoisotopic (exact) mass is 494 g/mol. The summed E-state index contributed by atoms with van der Waals surface area (Å²) in [4.78, 5) is 25.3. The van der Waals surface area contributed by atoms with Crippen LogP contribution in [0.3, 0.4) is 0 Å². The molecule has 1 amide bonds. The summed E-state index contributed by atoms with van der Waals surface area (Å²) < 4.78 is 36.6. The van der Waals surface area contributed by atoms with Gasteiger partial charge in [0.15, 0.2) is 0 Å². The predicted octanol–water partition coefficient (Wildman–Crippen LogP) is 3.92. The van der Waals surface area contributed by atoms with E-state index in [1.165, 1.54) is 24.5 Å². The van der Waals surface area contributed by atoms with E-state index in [-0.39, 0.29) is 16.4 Å². The van der Waals surface area contributed by atoms with Crippen molar-refractivity contribution in [1.82, 2.24) is 4.31 Å². The Kier molecular flexibility index (Phi) is 7.67. The van der Waals surface area contributed by atoms with Crippen molar-refractivity contribution in [3.63, 3.8) is 0 Å². The number of benzene rings is 1. The second-order valence-electron chi connectivity index (χ2n) is 6.54. The van der Waals surface area contributed by atoms with Gasteiger partial charge in [0.25, 0.3) is 10.0 Å². The number of methoxy groups -OCH3 is 1. The summed E-state index contributed by atoms with van der Waals surface area (Å²) >= 11 is 2.24. The maximum Gasteiger partial charge on any atom is 0.341 e. The smallest absolute Gasteiger partial charge is 0.341 e. The third-order valence-corrected chi connectivity index (χ3v) is 8.52. The Hall–Kier alpha value is -2.73. The molecular weight excluding hydrogens is 472 g/mol.